The average molecular weight is 409 g/mol. The zero-order valence-corrected chi connectivity index (χ0v) is 16.9. The van der Waals surface area contributed by atoms with Crippen LogP contribution in [0.1, 0.15) is 64.5 Å². The van der Waals surface area contributed by atoms with Crippen LogP contribution < -0.4 is 10.6 Å². The Morgan fingerprint density at radius 3 is 2.16 bits per heavy atom. The van der Waals surface area contributed by atoms with E-state index in [4.69, 9.17) is 0 Å². The predicted octanol–water partition coefficient (Wildman–Crippen LogP) is 4.35. The first kappa shape index (κ1) is 20.0. The summed E-state index contributed by atoms with van der Waals surface area (Å²) in [6.45, 7) is 5.90. The Kier molecular flexibility index (Phi) is 7.48. The summed E-state index contributed by atoms with van der Waals surface area (Å²) >= 11 is 3.42. The summed E-state index contributed by atoms with van der Waals surface area (Å²) in [6.07, 6.45) is 5.30. The van der Waals surface area contributed by atoms with Crippen molar-refractivity contribution >= 4 is 27.7 Å². The van der Waals surface area contributed by atoms with Crippen LogP contribution in [0, 0.1) is 11.8 Å². The number of amides is 2. The number of carbonyl (C=O) groups excluding carboxylic acids is 2. The molecule has 0 aromatic heterocycles. The molecule has 1 aliphatic rings. The van der Waals surface area contributed by atoms with Crippen molar-refractivity contribution in [2.24, 2.45) is 11.8 Å². The van der Waals surface area contributed by atoms with Gasteiger partial charge in [-0.15, -0.1) is 0 Å². The maximum absolute atomic E-state index is 12.7. The van der Waals surface area contributed by atoms with Gasteiger partial charge >= 0.3 is 0 Å². The van der Waals surface area contributed by atoms with Crippen molar-refractivity contribution in [3.05, 3.63) is 34.3 Å². The molecule has 2 unspecified atom stereocenters. The van der Waals surface area contributed by atoms with Crippen molar-refractivity contribution in [2.45, 2.75) is 65.0 Å². The molecule has 2 amide bonds. The highest BCUT2D eigenvalue weighted by Crippen LogP contribution is 2.24. The molecule has 0 radical (unpaired) electrons. The van der Waals surface area contributed by atoms with E-state index in [1.54, 1.807) is 0 Å². The molecule has 1 aromatic rings. The Hall–Kier alpha value is -1.36. The molecule has 0 spiro atoms. The van der Waals surface area contributed by atoms with E-state index in [1.807, 2.05) is 45.0 Å². The molecule has 0 aliphatic heterocycles. The van der Waals surface area contributed by atoms with Gasteiger partial charge < -0.3 is 10.6 Å². The predicted molar refractivity (Wildman–Crippen MR) is 104 cm³/mol. The molecule has 0 saturated heterocycles. The van der Waals surface area contributed by atoms with Gasteiger partial charge in [-0.05, 0) is 43.4 Å². The summed E-state index contributed by atoms with van der Waals surface area (Å²) in [7, 11) is 0. The van der Waals surface area contributed by atoms with Crippen LogP contribution in [0.5, 0.6) is 0 Å². The monoisotopic (exact) mass is 408 g/mol. The van der Waals surface area contributed by atoms with Gasteiger partial charge in [-0.25, -0.2) is 0 Å². The molecule has 0 bridgehead atoms. The van der Waals surface area contributed by atoms with Crippen LogP contribution in [0.4, 0.5) is 0 Å². The van der Waals surface area contributed by atoms with Crippen LogP contribution >= 0.6 is 15.9 Å². The van der Waals surface area contributed by atoms with Gasteiger partial charge in [0, 0.05) is 10.4 Å². The van der Waals surface area contributed by atoms with E-state index in [0.29, 0.717) is 0 Å². The second kappa shape index (κ2) is 9.37. The summed E-state index contributed by atoms with van der Waals surface area (Å²) in [6, 6.07) is 7.30. The Morgan fingerprint density at radius 1 is 1.00 bits per heavy atom. The van der Waals surface area contributed by atoms with E-state index in [1.165, 1.54) is 6.42 Å². The van der Waals surface area contributed by atoms with Crippen molar-refractivity contribution in [3.8, 4) is 0 Å². The Morgan fingerprint density at radius 2 is 1.60 bits per heavy atom. The number of benzene rings is 1. The Balaban J connectivity index is 1.97. The quantitative estimate of drug-likeness (QED) is 0.734. The van der Waals surface area contributed by atoms with E-state index in [2.05, 4.69) is 26.6 Å². The average Bonchev–Trinajstić information content (AvgIpc) is 2.60. The van der Waals surface area contributed by atoms with Crippen molar-refractivity contribution in [1.29, 1.82) is 0 Å². The van der Waals surface area contributed by atoms with E-state index < -0.39 is 6.04 Å². The molecule has 4 nitrogen and oxygen atoms in total. The summed E-state index contributed by atoms with van der Waals surface area (Å²) in [5, 5.41) is 6.03. The SMILES string of the molecule is CC(NC(=O)C(NC(=O)C1CCCCC1)C(C)C)c1ccc(Br)cc1. The lowest BCUT2D eigenvalue weighted by Gasteiger charge is -2.27. The third-order valence-electron chi connectivity index (χ3n) is 4.95. The molecule has 2 N–H and O–H groups in total. The number of hydrogen-bond donors (Lipinski definition) is 2. The smallest absolute Gasteiger partial charge is 0.243 e. The fraction of sp³-hybridized carbons (Fsp3) is 0.600. The molecular weight excluding hydrogens is 380 g/mol. The normalized spacial score (nSPS) is 17.8. The van der Waals surface area contributed by atoms with Crippen molar-refractivity contribution in [2.75, 3.05) is 0 Å². The van der Waals surface area contributed by atoms with Crippen molar-refractivity contribution in [3.63, 3.8) is 0 Å². The van der Waals surface area contributed by atoms with Gasteiger partial charge in [0.05, 0.1) is 6.04 Å². The first-order valence-corrected chi connectivity index (χ1v) is 10.0. The highest BCUT2D eigenvalue weighted by atomic mass is 79.9. The molecular formula is C20H29BrN2O2. The summed E-state index contributed by atoms with van der Waals surface area (Å²) < 4.78 is 1.01. The van der Waals surface area contributed by atoms with E-state index in [0.717, 1.165) is 35.7 Å². The van der Waals surface area contributed by atoms with E-state index in [9.17, 15) is 9.59 Å². The Labute approximate surface area is 159 Å². The second-order valence-corrected chi connectivity index (χ2v) is 8.26. The van der Waals surface area contributed by atoms with Gasteiger partial charge in [0.25, 0.3) is 0 Å². The molecule has 5 heteroatoms. The molecule has 1 aliphatic carbocycles. The van der Waals surface area contributed by atoms with Crippen LogP contribution in [0.25, 0.3) is 0 Å². The first-order valence-electron chi connectivity index (χ1n) is 9.24. The second-order valence-electron chi connectivity index (χ2n) is 7.35. The molecule has 2 atom stereocenters. The molecule has 2 rings (SSSR count). The third kappa shape index (κ3) is 5.84. The molecule has 1 aromatic carbocycles. The lowest BCUT2D eigenvalue weighted by atomic mass is 9.88. The summed E-state index contributed by atoms with van der Waals surface area (Å²) in [5.74, 6) is 0.0239. The number of rotatable bonds is 6. The standard InChI is InChI=1S/C20H29BrN2O2/c1-13(2)18(23-19(24)16-7-5-4-6-8-16)20(25)22-14(3)15-9-11-17(21)12-10-15/h9-14,16,18H,4-8H2,1-3H3,(H,22,25)(H,23,24). The molecule has 138 valence electrons. The minimum absolute atomic E-state index is 0.0323. The lowest BCUT2D eigenvalue weighted by Crippen LogP contribution is -2.51. The zero-order chi connectivity index (χ0) is 18.4. The fourth-order valence-corrected chi connectivity index (χ4v) is 3.57. The van der Waals surface area contributed by atoms with Crippen molar-refractivity contribution < 1.29 is 9.59 Å². The van der Waals surface area contributed by atoms with Crippen LogP contribution in [0.3, 0.4) is 0 Å². The fourth-order valence-electron chi connectivity index (χ4n) is 3.31. The highest BCUT2D eigenvalue weighted by Gasteiger charge is 2.29. The van der Waals surface area contributed by atoms with E-state index >= 15 is 0 Å². The minimum atomic E-state index is -0.493. The van der Waals surface area contributed by atoms with E-state index in [-0.39, 0.29) is 29.7 Å². The van der Waals surface area contributed by atoms with Crippen LogP contribution in [0.2, 0.25) is 0 Å². The molecule has 1 saturated carbocycles. The maximum Gasteiger partial charge on any atom is 0.243 e. The first-order chi connectivity index (χ1) is 11.9. The molecule has 25 heavy (non-hydrogen) atoms. The minimum Gasteiger partial charge on any atom is -0.348 e. The topological polar surface area (TPSA) is 58.2 Å². The van der Waals surface area contributed by atoms with Gasteiger partial charge in [0.1, 0.15) is 6.04 Å². The van der Waals surface area contributed by atoms with Crippen LogP contribution in [0.15, 0.2) is 28.7 Å². The largest absolute Gasteiger partial charge is 0.348 e. The molecule has 0 heterocycles. The summed E-state index contributed by atoms with van der Waals surface area (Å²) in [5.41, 5.74) is 1.04. The Bertz CT molecular complexity index is 580. The number of nitrogens with one attached hydrogen (secondary N) is 2. The summed E-state index contributed by atoms with van der Waals surface area (Å²) in [4.78, 5) is 25.2. The van der Waals surface area contributed by atoms with Gasteiger partial charge in [-0.1, -0.05) is 61.2 Å². The maximum atomic E-state index is 12.7. The molecule has 1 fully saturated rings. The van der Waals surface area contributed by atoms with Gasteiger partial charge in [0.15, 0.2) is 0 Å². The van der Waals surface area contributed by atoms with Gasteiger partial charge in [0.2, 0.25) is 11.8 Å². The third-order valence-corrected chi connectivity index (χ3v) is 5.48. The van der Waals surface area contributed by atoms with Crippen LogP contribution in [-0.4, -0.2) is 17.9 Å². The van der Waals surface area contributed by atoms with Gasteiger partial charge in [-0.2, -0.15) is 0 Å². The van der Waals surface area contributed by atoms with Crippen LogP contribution in [-0.2, 0) is 9.59 Å². The number of halogens is 1. The number of carbonyl (C=O) groups is 2. The van der Waals surface area contributed by atoms with Crippen molar-refractivity contribution in [1.82, 2.24) is 10.6 Å². The lowest BCUT2D eigenvalue weighted by molar-refractivity contribution is -0.133. The zero-order valence-electron chi connectivity index (χ0n) is 15.3. The highest BCUT2D eigenvalue weighted by molar-refractivity contribution is 9.10. The number of hydrogen-bond acceptors (Lipinski definition) is 2. The van der Waals surface area contributed by atoms with Gasteiger partial charge in [-0.3, -0.25) is 9.59 Å².